The summed E-state index contributed by atoms with van der Waals surface area (Å²) in [6.45, 7) is 2.36. The number of carbonyl (C=O) groups excluding carboxylic acids is 2. The predicted molar refractivity (Wildman–Crippen MR) is 102 cm³/mol. The molecule has 1 aliphatic rings. The van der Waals surface area contributed by atoms with Crippen molar-refractivity contribution in [3.8, 4) is 5.75 Å². The minimum Gasteiger partial charge on any atom is -0.484 e. The number of ether oxygens (including phenoxy) is 1. The van der Waals surface area contributed by atoms with Crippen LogP contribution < -0.4 is 15.0 Å². The van der Waals surface area contributed by atoms with Crippen molar-refractivity contribution in [2.24, 2.45) is 5.92 Å². The zero-order valence-electron chi connectivity index (χ0n) is 15.8. The van der Waals surface area contributed by atoms with Gasteiger partial charge in [0.25, 0.3) is 5.91 Å². The lowest BCUT2D eigenvalue weighted by molar-refractivity contribution is -0.137. The summed E-state index contributed by atoms with van der Waals surface area (Å²) in [6.07, 6.45) is -4.15. The highest BCUT2D eigenvalue weighted by molar-refractivity contribution is 5.95. The number of amides is 2. The Morgan fingerprint density at radius 1 is 1.21 bits per heavy atom. The fourth-order valence-corrected chi connectivity index (χ4v) is 3.11. The number of nitrogens with zero attached hydrogens (tertiary/aromatic N) is 1. The van der Waals surface area contributed by atoms with Crippen molar-refractivity contribution < 1.29 is 27.5 Å². The standard InChI is InChI=1S/C21H21F3N2O3/c1-14-5-7-17(8-6-14)26-12-15(9-20(26)28)11-25-19(27)13-29-18-4-2-3-16(10-18)21(22,23)24/h2-8,10,15H,9,11-13H2,1H3,(H,25,27). The fourth-order valence-electron chi connectivity index (χ4n) is 3.11. The van der Waals surface area contributed by atoms with Crippen molar-refractivity contribution in [3.05, 3.63) is 59.7 Å². The van der Waals surface area contributed by atoms with E-state index in [2.05, 4.69) is 5.32 Å². The molecule has 1 saturated heterocycles. The Labute approximate surface area is 166 Å². The van der Waals surface area contributed by atoms with Gasteiger partial charge in [-0.15, -0.1) is 0 Å². The molecular formula is C21H21F3N2O3. The average molecular weight is 406 g/mol. The number of hydrogen-bond donors (Lipinski definition) is 1. The smallest absolute Gasteiger partial charge is 0.416 e. The van der Waals surface area contributed by atoms with Crippen LogP contribution in [0.2, 0.25) is 0 Å². The first kappa shape index (κ1) is 20.7. The molecule has 1 unspecified atom stereocenters. The summed E-state index contributed by atoms with van der Waals surface area (Å²) in [4.78, 5) is 25.9. The van der Waals surface area contributed by atoms with E-state index in [0.717, 1.165) is 23.4 Å². The summed E-state index contributed by atoms with van der Waals surface area (Å²) in [6, 6.07) is 12.0. The molecule has 5 nitrogen and oxygen atoms in total. The molecule has 3 rings (SSSR count). The third-order valence-corrected chi connectivity index (χ3v) is 4.67. The molecule has 0 spiro atoms. The van der Waals surface area contributed by atoms with Crippen LogP contribution in [0.1, 0.15) is 17.5 Å². The van der Waals surface area contributed by atoms with Crippen LogP contribution in [0.4, 0.5) is 18.9 Å². The Morgan fingerprint density at radius 2 is 1.93 bits per heavy atom. The van der Waals surface area contributed by atoms with E-state index in [4.69, 9.17) is 4.74 Å². The molecule has 1 aliphatic heterocycles. The Kier molecular flexibility index (Phi) is 6.10. The maximum absolute atomic E-state index is 12.7. The number of anilines is 1. The quantitative estimate of drug-likeness (QED) is 0.798. The summed E-state index contributed by atoms with van der Waals surface area (Å²) >= 11 is 0. The molecule has 1 heterocycles. The Balaban J connectivity index is 1.46. The third-order valence-electron chi connectivity index (χ3n) is 4.67. The van der Waals surface area contributed by atoms with E-state index in [0.29, 0.717) is 19.5 Å². The van der Waals surface area contributed by atoms with Crippen LogP contribution in [0, 0.1) is 12.8 Å². The van der Waals surface area contributed by atoms with E-state index in [1.54, 1.807) is 4.90 Å². The van der Waals surface area contributed by atoms with Crippen LogP contribution in [-0.4, -0.2) is 31.5 Å². The zero-order chi connectivity index (χ0) is 21.0. The number of benzene rings is 2. The Hall–Kier alpha value is -3.03. The maximum atomic E-state index is 12.7. The third kappa shape index (κ3) is 5.49. The lowest BCUT2D eigenvalue weighted by Gasteiger charge is -2.17. The SMILES string of the molecule is Cc1ccc(N2CC(CNC(=O)COc3cccc(C(F)(F)F)c3)CC2=O)cc1. The van der Waals surface area contributed by atoms with Crippen LogP contribution in [0.3, 0.4) is 0 Å². The molecule has 0 saturated carbocycles. The van der Waals surface area contributed by atoms with Crippen molar-refractivity contribution >= 4 is 17.5 Å². The number of halogens is 3. The molecule has 154 valence electrons. The monoisotopic (exact) mass is 406 g/mol. The number of alkyl halides is 3. The van der Waals surface area contributed by atoms with Gasteiger partial charge >= 0.3 is 6.18 Å². The van der Waals surface area contributed by atoms with Crippen LogP contribution in [0.15, 0.2) is 48.5 Å². The molecular weight excluding hydrogens is 385 g/mol. The molecule has 1 N–H and O–H groups in total. The predicted octanol–water partition coefficient (Wildman–Crippen LogP) is 3.56. The highest BCUT2D eigenvalue weighted by Gasteiger charge is 2.31. The Bertz CT molecular complexity index is 881. The number of hydrogen-bond acceptors (Lipinski definition) is 3. The first-order valence-electron chi connectivity index (χ1n) is 9.16. The summed E-state index contributed by atoms with van der Waals surface area (Å²) in [5.41, 5.74) is 1.09. The van der Waals surface area contributed by atoms with Gasteiger partial charge in [-0.3, -0.25) is 9.59 Å². The van der Waals surface area contributed by atoms with E-state index in [1.807, 2.05) is 31.2 Å². The minimum absolute atomic E-state index is 0.00619. The van der Waals surface area contributed by atoms with Crippen LogP contribution in [-0.2, 0) is 15.8 Å². The fraction of sp³-hybridized carbons (Fsp3) is 0.333. The number of carbonyl (C=O) groups is 2. The first-order valence-corrected chi connectivity index (χ1v) is 9.16. The van der Waals surface area contributed by atoms with E-state index >= 15 is 0 Å². The second kappa shape index (κ2) is 8.55. The number of aryl methyl sites for hydroxylation is 1. The molecule has 0 aliphatic carbocycles. The molecule has 1 fully saturated rings. The van der Waals surface area contributed by atoms with Crippen LogP contribution >= 0.6 is 0 Å². The van der Waals surface area contributed by atoms with Crippen molar-refractivity contribution in [2.45, 2.75) is 19.5 Å². The summed E-state index contributed by atoms with van der Waals surface area (Å²) in [5.74, 6) is -0.533. The maximum Gasteiger partial charge on any atom is 0.416 e. The lowest BCUT2D eigenvalue weighted by atomic mass is 10.1. The molecule has 1 atom stereocenters. The van der Waals surface area contributed by atoms with E-state index in [9.17, 15) is 22.8 Å². The highest BCUT2D eigenvalue weighted by atomic mass is 19.4. The lowest BCUT2D eigenvalue weighted by Crippen LogP contribution is -2.34. The summed E-state index contributed by atoms with van der Waals surface area (Å²) < 4.78 is 43.3. The van der Waals surface area contributed by atoms with E-state index in [-0.39, 0.29) is 17.6 Å². The van der Waals surface area contributed by atoms with Crippen molar-refractivity contribution in [1.82, 2.24) is 5.32 Å². The molecule has 2 aromatic carbocycles. The molecule has 0 radical (unpaired) electrons. The molecule has 0 aromatic heterocycles. The van der Waals surface area contributed by atoms with Gasteiger partial charge in [0.05, 0.1) is 5.56 Å². The average Bonchev–Trinajstić information content (AvgIpc) is 3.05. The van der Waals surface area contributed by atoms with Gasteiger partial charge < -0.3 is 15.0 Å². The largest absolute Gasteiger partial charge is 0.484 e. The van der Waals surface area contributed by atoms with E-state index < -0.39 is 24.3 Å². The second-order valence-electron chi connectivity index (χ2n) is 7.03. The second-order valence-corrected chi connectivity index (χ2v) is 7.03. The topological polar surface area (TPSA) is 58.6 Å². The van der Waals surface area contributed by atoms with Gasteiger partial charge in [-0.05, 0) is 37.3 Å². The van der Waals surface area contributed by atoms with E-state index in [1.165, 1.54) is 12.1 Å². The van der Waals surface area contributed by atoms with Gasteiger partial charge in [-0.25, -0.2) is 0 Å². The van der Waals surface area contributed by atoms with Crippen LogP contribution in [0.25, 0.3) is 0 Å². The Morgan fingerprint density at radius 3 is 2.62 bits per heavy atom. The normalized spacial score (nSPS) is 16.8. The number of nitrogens with one attached hydrogen (secondary N) is 1. The summed E-state index contributed by atoms with van der Waals surface area (Å²) in [7, 11) is 0. The highest BCUT2D eigenvalue weighted by Crippen LogP contribution is 2.31. The number of rotatable bonds is 6. The van der Waals surface area contributed by atoms with Gasteiger partial charge in [-0.2, -0.15) is 13.2 Å². The van der Waals surface area contributed by atoms with Gasteiger partial charge in [-0.1, -0.05) is 23.8 Å². The van der Waals surface area contributed by atoms with Gasteiger partial charge in [0.1, 0.15) is 5.75 Å². The van der Waals surface area contributed by atoms with Gasteiger partial charge in [0.15, 0.2) is 6.61 Å². The zero-order valence-corrected chi connectivity index (χ0v) is 15.8. The van der Waals surface area contributed by atoms with Crippen molar-refractivity contribution in [2.75, 3.05) is 24.6 Å². The van der Waals surface area contributed by atoms with Gasteiger partial charge in [0.2, 0.25) is 5.91 Å². The van der Waals surface area contributed by atoms with Crippen molar-refractivity contribution in [3.63, 3.8) is 0 Å². The first-order chi connectivity index (χ1) is 13.7. The van der Waals surface area contributed by atoms with Crippen molar-refractivity contribution in [1.29, 1.82) is 0 Å². The molecule has 0 bridgehead atoms. The molecule has 8 heteroatoms. The minimum atomic E-state index is -4.47. The van der Waals surface area contributed by atoms with Gasteiger partial charge in [0, 0.05) is 31.1 Å². The molecule has 29 heavy (non-hydrogen) atoms. The molecule has 2 aromatic rings. The summed E-state index contributed by atoms with van der Waals surface area (Å²) in [5, 5.41) is 2.68. The molecule has 2 amide bonds. The van der Waals surface area contributed by atoms with Crippen LogP contribution in [0.5, 0.6) is 5.75 Å².